The van der Waals surface area contributed by atoms with Crippen LogP contribution in [0.25, 0.3) is 6.08 Å². The summed E-state index contributed by atoms with van der Waals surface area (Å²) in [5, 5.41) is 5.18. The van der Waals surface area contributed by atoms with Crippen LogP contribution >= 0.6 is 22.9 Å². The van der Waals surface area contributed by atoms with Crippen LogP contribution in [0.5, 0.6) is 17.2 Å². The number of anilines is 1. The zero-order valence-electron chi connectivity index (χ0n) is 17.3. The Hall–Kier alpha value is -3.03. The summed E-state index contributed by atoms with van der Waals surface area (Å²) in [5.74, 6) is 1.28. The molecule has 0 bridgehead atoms. The van der Waals surface area contributed by atoms with Gasteiger partial charge in [0, 0.05) is 11.5 Å². The molecule has 0 saturated heterocycles. The average Bonchev–Trinajstić information content (AvgIpc) is 3.29. The molecule has 0 atom stereocenters. The monoisotopic (exact) mass is 458 g/mol. The number of amides is 1. The molecule has 0 saturated carbocycles. The number of hydrogen-bond acceptors (Lipinski definition) is 6. The minimum absolute atomic E-state index is 0.300. The number of hydrogen-bond donors (Lipinski definition) is 1. The second-order valence-electron chi connectivity index (χ2n) is 6.47. The maximum absolute atomic E-state index is 12.5. The van der Waals surface area contributed by atoms with Crippen LogP contribution in [-0.2, 0) is 11.4 Å². The lowest BCUT2D eigenvalue weighted by Crippen LogP contribution is -2.09. The van der Waals surface area contributed by atoms with Crippen LogP contribution < -0.4 is 19.5 Å². The number of rotatable bonds is 10. The van der Waals surface area contributed by atoms with Gasteiger partial charge in [0.1, 0.15) is 12.4 Å². The molecule has 8 heteroatoms. The number of halogens is 1. The summed E-state index contributed by atoms with van der Waals surface area (Å²) in [7, 11) is 1.55. The molecule has 3 aromatic rings. The van der Waals surface area contributed by atoms with E-state index in [9.17, 15) is 4.79 Å². The second-order valence-corrected chi connectivity index (χ2v) is 7.60. The first kappa shape index (κ1) is 22.7. The number of nitrogens with one attached hydrogen (secondary N) is 1. The van der Waals surface area contributed by atoms with Crippen LogP contribution in [0.1, 0.15) is 24.6 Å². The third-order valence-electron chi connectivity index (χ3n) is 4.13. The Labute approximate surface area is 190 Å². The molecule has 1 N–H and O–H groups in total. The van der Waals surface area contributed by atoms with Crippen LogP contribution in [0.4, 0.5) is 5.69 Å². The van der Waals surface area contributed by atoms with Crippen LogP contribution in [0.15, 0.2) is 53.4 Å². The van der Waals surface area contributed by atoms with Gasteiger partial charge in [-0.3, -0.25) is 4.79 Å². The second kappa shape index (κ2) is 11.4. The van der Waals surface area contributed by atoms with E-state index in [2.05, 4.69) is 10.3 Å². The van der Waals surface area contributed by atoms with Crippen molar-refractivity contribution in [1.29, 1.82) is 0 Å². The number of aromatic nitrogens is 1. The molecule has 31 heavy (non-hydrogen) atoms. The Balaban J connectivity index is 1.67. The van der Waals surface area contributed by atoms with Crippen LogP contribution in [-0.4, -0.2) is 24.6 Å². The van der Waals surface area contributed by atoms with Gasteiger partial charge in [0.2, 0.25) is 5.91 Å². The van der Waals surface area contributed by atoms with Gasteiger partial charge in [0.15, 0.2) is 11.5 Å². The third-order valence-corrected chi connectivity index (χ3v) is 5.05. The maximum atomic E-state index is 12.5. The van der Waals surface area contributed by atoms with E-state index in [4.69, 9.17) is 25.8 Å². The lowest BCUT2D eigenvalue weighted by molar-refractivity contribution is -0.111. The number of thiazole rings is 1. The Morgan fingerprint density at radius 3 is 2.81 bits per heavy atom. The van der Waals surface area contributed by atoms with E-state index in [1.54, 1.807) is 43.0 Å². The summed E-state index contributed by atoms with van der Waals surface area (Å²) in [6.45, 7) is 2.88. The van der Waals surface area contributed by atoms with E-state index < -0.39 is 0 Å². The smallest absolute Gasteiger partial charge is 0.248 e. The Morgan fingerprint density at radius 2 is 2.06 bits per heavy atom. The average molecular weight is 459 g/mol. The molecule has 0 spiro atoms. The number of ether oxygens (including phenoxy) is 3. The van der Waals surface area contributed by atoms with Crippen LogP contribution in [0, 0.1) is 0 Å². The largest absolute Gasteiger partial charge is 0.493 e. The van der Waals surface area contributed by atoms with Gasteiger partial charge in [-0.1, -0.05) is 30.7 Å². The van der Waals surface area contributed by atoms with Crippen molar-refractivity contribution < 1.29 is 19.0 Å². The van der Waals surface area contributed by atoms with Crippen molar-refractivity contribution in [3.63, 3.8) is 0 Å². The molecule has 0 radical (unpaired) electrons. The van der Waals surface area contributed by atoms with Crippen molar-refractivity contribution in [2.75, 3.05) is 19.0 Å². The summed E-state index contributed by atoms with van der Waals surface area (Å²) >= 11 is 7.84. The van der Waals surface area contributed by atoms with Crippen LogP contribution in [0.2, 0.25) is 5.02 Å². The Bertz CT molecular complexity index is 1040. The SMILES string of the molecule is CCCOc1c(Cl)cc(/C=C/C(=O)Nc2ccccc2OCc2cscn2)cc1OC. The highest BCUT2D eigenvalue weighted by molar-refractivity contribution is 7.07. The first-order valence-electron chi connectivity index (χ1n) is 9.69. The predicted molar refractivity (Wildman–Crippen MR) is 124 cm³/mol. The molecule has 0 fully saturated rings. The Kier molecular flexibility index (Phi) is 8.32. The molecule has 1 aromatic heterocycles. The van der Waals surface area contributed by atoms with Crippen LogP contribution in [0.3, 0.4) is 0 Å². The predicted octanol–water partition coefficient (Wildman–Crippen LogP) is 5.82. The van der Waals surface area contributed by atoms with E-state index in [-0.39, 0.29) is 5.91 Å². The lowest BCUT2D eigenvalue weighted by atomic mass is 10.2. The van der Waals surface area contributed by atoms with E-state index in [0.29, 0.717) is 46.7 Å². The Morgan fingerprint density at radius 1 is 1.23 bits per heavy atom. The van der Waals surface area contributed by atoms with Crippen molar-refractivity contribution in [1.82, 2.24) is 4.98 Å². The van der Waals surface area contributed by atoms with Crippen molar-refractivity contribution in [3.8, 4) is 17.2 Å². The van der Waals surface area contributed by atoms with Gasteiger partial charge in [-0.05, 0) is 42.3 Å². The van der Waals surface area contributed by atoms with E-state index in [0.717, 1.165) is 12.1 Å². The molecule has 1 heterocycles. The number of benzene rings is 2. The molecular formula is C23H23ClN2O4S. The molecule has 6 nitrogen and oxygen atoms in total. The summed E-state index contributed by atoms with van der Waals surface area (Å²) in [5.41, 5.74) is 3.88. The highest BCUT2D eigenvalue weighted by Gasteiger charge is 2.11. The maximum Gasteiger partial charge on any atom is 0.248 e. The highest BCUT2D eigenvalue weighted by atomic mass is 35.5. The molecule has 0 aliphatic heterocycles. The van der Waals surface area contributed by atoms with Crippen molar-refractivity contribution in [3.05, 3.63) is 69.6 Å². The van der Waals surface area contributed by atoms with E-state index >= 15 is 0 Å². The van der Waals surface area contributed by atoms with Gasteiger partial charge in [0.05, 0.1) is 35.6 Å². The molecule has 0 unspecified atom stereocenters. The fourth-order valence-corrected chi connectivity index (χ4v) is 3.50. The summed E-state index contributed by atoms with van der Waals surface area (Å²) < 4.78 is 16.8. The van der Waals surface area contributed by atoms with Gasteiger partial charge in [0.25, 0.3) is 0 Å². The topological polar surface area (TPSA) is 69.7 Å². The number of carbonyl (C=O) groups excluding carboxylic acids is 1. The summed E-state index contributed by atoms with van der Waals surface area (Å²) in [6.07, 6.45) is 3.94. The molecule has 162 valence electrons. The number of para-hydroxylation sites is 2. The quantitative estimate of drug-likeness (QED) is 0.387. The lowest BCUT2D eigenvalue weighted by Gasteiger charge is -2.13. The van der Waals surface area contributed by atoms with Gasteiger partial charge in [-0.2, -0.15) is 0 Å². The first-order valence-corrected chi connectivity index (χ1v) is 11.0. The molecule has 0 aliphatic carbocycles. The normalized spacial score (nSPS) is 10.8. The van der Waals surface area contributed by atoms with E-state index in [1.807, 2.05) is 24.4 Å². The number of carbonyl (C=O) groups is 1. The molecular weight excluding hydrogens is 436 g/mol. The minimum atomic E-state index is -0.300. The fourth-order valence-electron chi connectivity index (χ4n) is 2.68. The molecule has 2 aromatic carbocycles. The zero-order chi connectivity index (χ0) is 22.1. The standard InChI is InChI=1S/C23H23ClN2O4S/c1-3-10-29-23-18(24)11-16(12-21(23)28-2)8-9-22(27)26-19-6-4-5-7-20(19)30-13-17-14-31-15-25-17/h4-9,11-12,14-15H,3,10,13H2,1-2H3,(H,26,27)/b9-8+. The van der Waals surface area contributed by atoms with Crippen molar-refractivity contribution in [2.24, 2.45) is 0 Å². The molecule has 3 rings (SSSR count). The van der Waals surface area contributed by atoms with Gasteiger partial charge >= 0.3 is 0 Å². The number of nitrogens with zero attached hydrogens (tertiary/aromatic N) is 1. The van der Waals surface area contributed by atoms with Gasteiger partial charge in [-0.25, -0.2) is 4.98 Å². The first-order chi connectivity index (χ1) is 15.1. The summed E-state index contributed by atoms with van der Waals surface area (Å²) in [6, 6.07) is 10.7. The van der Waals surface area contributed by atoms with Crippen molar-refractivity contribution in [2.45, 2.75) is 20.0 Å². The minimum Gasteiger partial charge on any atom is -0.493 e. The zero-order valence-corrected chi connectivity index (χ0v) is 18.8. The highest BCUT2D eigenvalue weighted by Crippen LogP contribution is 2.37. The van der Waals surface area contributed by atoms with Crippen molar-refractivity contribution >= 4 is 40.6 Å². The fraction of sp³-hybridized carbons (Fsp3) is 0.217. The molecule has 0 aliphatic rings. The van der Waals surface area contributed by atoms with Gasteiger partial charge in [-0.15, -0.1) is 11.3 Å². The number of methoxy groups -OCH3 is 1. The van der Waals surface area contributed by atoms with E-state index in [1.165, 1.54) is 17.4 Å². The third kappa shape index (κ3) is 6.47. The summed E-state index contributed by atoms with van der Waals surface area (Å²) in [4.78, 5) is 16.7. The molecule has 1 amide bonds. The van der Waals surface area contributed by atoms with Gasteiger partial charge < -0.3 is 19.5 Å².